The van der Waals surface area contributed by atoms with Crippen LogP contribution in [0.5, 0.6) is 5.75 Å². The van der Waals surface area contributed by atoms with E-state index in [1.807, 2.05) is 44.2 Å². The fraction of sp³-hybridized carbons (Fsp3) is 0.211. The first kappa shape index (κ1) is 16.9. The number of nitrogens with zero attached hydrogens (tertiary/aromatic N) is 2. The topological polar surface area (TPSA) is 64.1 Å². The number of nitrogens with one attached hydrogen (secondary N) is 1. The summed E-state index contributed by atoms with van der Waals surface area (Å²) >= 11 is 3.15. The SMILES string of the molecule is COc1ccc(CC(=O)Nc2nc3ccc4nc(C)sc4c3s2)cc1C. The zero-order valence-corrected chi connectivity index (χ0v) is 16.3. The van der Waals surface area contributed by atoms with Crippen molar-refractivity contribution < 1.29 is 9.53 Å². The van der Waals surface area contributed by atoms with Crippen molar-refractivity contribution in [2.24, 2.45) is 0 Å². The number of rotatable bonds is 4. The molecule has 2 heterocycles. The molecule has 0 saturated heterocycles. The molecule has 4 rings (SSSR count). The molecule has 0 unspecified atom stereocenters. The molecule has 5 nitrogen and oxygen atoms in total. The van der Waals surface area contributed by atoms with Crippen molar-refractivity contribution in [1.82, 2.24) is 9.97 Å². The van der Waals surface area contributed by atoms with Crippen LogP contribution >= 0.6 is 22.7 Å². The summed E-state index contributed by atoms with van der Waals surface area (Å²) in [5.41, 5.74) is 3.83. The Morgan fingerprint density at radius 2 is 1.81 bits per heavy atom. The predicted octanol–water partition coefficient (Wildman–Crippen LogP) is 4.71. The van der Waals surface area contributed by atoms with E-state index >= 15 is 0 Å². The second-order valence-electron chi connectivity index (χ2n) is 6.04. The lowest BCUT2D eigenvalue weighted by atomic mass is 10.1. The third-order valence-corrected chi connectivity index (χ3v) is 6.23. The summed E-state index contributed by atoms with van der Waals surface area (Å²) in [5.74, 6) is 0.745. The maximum Gasteiger partial charge on any atom is 0.230 e. The first-order valence-corrected chi connectivity index (χ1v) is 9.77. The Balaban J connectivity index is 1.55. The maximum atomic E-state index is 12.4. The zero-order chi connectivity index (χ0) is 18.3. The number of carbonyl (C=O) groups excluding carboxylic acids is 1. The molecule has 26 heavy (non-hydrogen) atoms. The smallest absolute Gasteiger partial charge is 0.230 e. The summed E-state index contributed by atoms with van der Waals surface area (Å²) in [6.07, 6.45) is 0.301. The van der Waals surface area contributed by atoms with Gasteiger partial charge in [0.2, 0.25) is 5.91 Å². The van der Waals surface area contributed by atoms with Crippen molar-refractivity contribution in [3.63, 3.8) is 0 Å². The Kier molecular flexibility index (Phi) is 4.34. The third-order valence-electron chi connectivity index (χ3n) is 4.09. The van der Waals surface area contributed by atoms with E-state index in [0.29, 0.717) is 11.6 Å². The maximum absolute atomic E-state index is 12.4. The van der Waals surface area contributed by atoms with E-state index in [4.69, 9.17) is 4.74 Å². The van der Waals surface area contributed by atoms with Crippen LogP contribution < -0.4 is 10.1 Å². The molecule has 132 valence electrons. The number of hydrogen-bond donors (Lipinski definition) is 1. The Labute approximate surface area is 158 Å². The largest absolute Gasteiger partial charge is 0.496 e. The van der Waals surface area contributed by atoms with Gasteiger partial charge in [-0.25, -0.2) is 9.97 Å². The summed E-state index contributed by atoms with van der Waals surface area (Å²) in [7, 11) is 1.64. The molecular formula is C19H17N3O2S2. The van der Waals surface area contributed by atoms with E-state index in [0.717, 1.165) is 42.3 Å². The molecule has 0 bridgehead atoms. The highest BCUT2D eigenvalue weighted by molar-refractivity contribution is 7.28. The number of benzene rings is 2. The van der Waals surface area contributed by atoms with Gasteiger partial charge in [-0.2, -0.15) is 0 Å². The number of fused-ring (bicyclic) bond motifs is 3. The van der Waals surface area contributed by atoms with E-state index in [-0.39, 0.29) is 5.91 Å². The number of anilines is 1. The number of aromatic nitrogens is 2. The molecule has 1 N–H and O–H groups in total. The molecule has 2 aromatic carbocycles. The van der Waals surface area contributed by atoms with Gasteiger partial charge in [0.25, 0.3) is 0 Å². The fourth-order valence-electron chi connectivity index (χ4n) is 2.94. The van der Waals surface area contributed by atoms with Crippen LogP contribution in [0.4, 0.5) is 5.13 Å². The van der Waals surface area contributed by atoms with Gasteiger partial charge in [-0.3, -0.25) is 4.79 Å². The van der Waals surface area contributed by atoms with Crippen LogP contribution in [0.15, 0.2) is 30.3 Å². The number of methoxy groups -OCH3 is 1. The quantitative estimate of drug-likeness (QED) is 0.554. The summed E-state index contributed by atoms with van der Waals surface area (Å²) in [4.78, 5) is 21.5. The molecule has 0 saturated carbocycles. The molecule has 0 fully saturated rings. The lowest BCUT2D eigenvalue weighted by Gasteiger charge is -2.07. The summed E-state index contributed by atoms with van der Waals surface area (Å²) < 4.78 is 7.46. The molecule has 0 aliphatic rings. The highest BCUT2D eigenvalue weighted by atomic mass is 32.1. The average Bonchev–Trinajstić information content (AvgIpc) is 3.16. The van der Waals surface area contributed by atoms with E-state index in [2.05, 4.69) is 15.3 Å². The average molecular weight is 383 g/mol. The molecule has 0 radical (unpaired) electrons. The number of thiazole rings is 2. The van der Waals surface area contributed by atoms with Gasteiger partial charge in [0.15, 0.2) is 5.13 Å². The van der Waals surface area contributed by atoms with Gasteiger partial charge in [0, 0.05) is 0 Å². The summed E-state index contributed by atoms with van der Waals surface area (Å²) in [6, 6.07) is 9.70. The Bertz CT molecular complexity index is 1130. The van der Waals surface area contributed by atoms with Crippen LogP contribution in [0.3, 0.4) is 0 Å². The van der Waals surface area contributed by atoms with Gasteiger partial charge >= 0.3 is 0 Å². The summed E-state index contributed by atoms with van der Waals surface area (Å²) in [6.45, 7) is 3.97. The van der Waals surface area contributed by atoms with Gasteiger partial charge in [0.05, 0.1) is 39.0 Å². The number of hydrogen-bond acceptors (Lipinski definition) is 6. The predicted molar refractivity (Wildman–Crippen MR) is 108 cm³/mol. The molecule has 0 spiro atoms. The summed E-state index contributed by atoms with van der Waals surface area (Å²) in [5, 5.41) is 4.57. The van der Waals surface area contributed by atoms with Crippen molar-refractivity contribution >= 4 is 54.1 Å². The van der Waals surface area contributed by atoms with Crippen LogP contribution in [0.2, 0.25) is 0 Å². The molecular weight excluding hydrogens is 366 g/mol. The van der Waals surface area contributed by atoms with Crippen LogP contribution in [-0.2, 0) is 11.2 Å². The van der Waals surface area contributed by atoms with Crippen LogP contribution in [0.1, 0.15) is 16.1 Å². The first-order chi connectivity index (χ1) is 12.5. The monoisotopic (exact) mass is 383 g/mol. The van der Waals surface area contributed by atoms with E-state index in [1.54, 1.807) is 18.4 Å². The molecule has 1 amide bonds. The molecule has 0 aliphatic heterocycles. The first-order valence-electron chi connectivity index (χ1n) is 8.13. The fourth-order valence-corrected chi connectivity index (χ4v) is 4.96. The van der Waals surface area contributed by atoms with Gasteiger partial charge in [-0.15, -0.1) is 11.3 Å². The second kappa shape index (κ2) is 6.66. The van der Waals surface area contributed by atoms with Gasteiger partial charge in [-0.1, -0.05) is 23.5 Å². The third kappa shape index (κ3) is 3.15. The minimum Gasteiger partial charge on any atom is -0.496 e. The number of ether oxygens (including phenoxy) is 1. The van der Waals surface area contributed by atoms with E-state index in [1.165, 1.54) is 11.3 Å². The highest BCUT2D eigenvalue weighted by Gasteiger charge is 2.13. The lowest BCUT2D eigenvalue weighted by Crippen LogP contribution is -2.14. The van der Waals surface area contributed by atoms with E-state index in [9.17, 15) is 4.79 Å². The Hall–Kier alpha value is -2.51. The normalized spacial score (nSPS) is 11.2. The minimum absolute atomic E-state index is 0.0784. The molecule has 4 aromatic rings. The van der Waals surface area contributed by atoms with Gasteiger partial charge in [0.1, 0.15) is 5.75 Å². The number of amides is 1. The van der Waals surface area contributed by atoms with Crippen molar-refractivity contribution in [3.05, 3.63) is 46.5 Å². The lowest BCUT2D eigenvalue weighted by molar-refractivity contribution is -0.115. The Morgan fingerprint density at radius 3 is 2.54 bits per heavy atom. The van der Waals surface area contributed by atoms with Gasteiger partial charge < -0.3 is 10.1 Å². The van der Waals surface area contributed by atoms with Crippen molar-refractivity contribution in [3.8, 4) is 5.75 Å². The zero-order valence-electron chi connectivity index (χ0n) is 14.6. The number of aryl methyl sites for hydroxylation is 2. The van der Waals surface area contributed by atoms with Crippen LogP contribution in [-0.4, -0.2) is 23.0 Å². The second-order valence-corrected chi connectivity index (χ2v) is 8.25. The Morgan fingerprint density at radius 1 is 1.08 bits per heavy atom. The highest BCUT2D eigenvalue weighted by Crippen LogP contribution is 2.35. The standard InChI is InChI=1S/C19H17N3O2S2/c1-10-8-12(4-7-15(10)24-3)9-16(23)22-19-21-14-6-5-13-17(18(14)26-19)25-11(2)20-13/h4-8H,9H2,1-3H3,(H,21,22,23). The van der Waals surface area contributed by atoms with Crippen molar-refractivity contribution in [1.29, 1.82) is 0 Å². The number of carbonyl (C=O) groups is 1. The van der Waals surface area contributed by atoms with Gasteiger partial charge in [-0.05, 0) is 43.2 Å². The van der Waals surface area contributed by atoms with Crippen molar-refractivity contribution in [2.45, 2.75) is 20.3 Å². The molecule has 2 aromatic heterocycles. The van der Waals surface area contributed by atoms with Crippen LogP contribution in [0.25, 0.3) is 20.4 Å². The molecule has 0 aliphatic carbocycles. The van der Waals surface area contributed by atoms with E-state index < -0.39 is 0 Å². The van der Waals surface area contributed by atoms with Crippen molar-refractivity contribution in [2.75, 3.05) is 12.4 Å². The minimum atomic E-state index is -0.0784. The molecule has 0 atom stereocenters. The van der Waals surface area contributed by atoms with Crippen LogP contribution in [0, 0.1) is 13.8 Å². The molecule has 7 heteroatoms.